The summed E-state index contributed by atoms with van der Waals surface area (Å²) in [5, 5.41) is 0. The number of hydrogen-bond donors (Lipinski definition) is 1. The van der Waals surface area contributed by atoms with Gasteiger partial charge in [0.05, 0.1) is 11.7 Å². The Labute approximate surface area is 76.6 Å². The molecule has 0 bridgehead atoms. The first-order valence-corrected chi connectivity index (χ1v) is 4.40. The van der Waals surface area contributed by atoms with Crippen molar-refractivity contribution in [3.63, 3.8) is 0 Å². The van der Waals surface area contributed by atoms with E-state index in [9.17, 15) is 0 Å². The van der Waals surface area contributed by atoms with Crippen LogP contribution in [0.15, 0.2) is 42.6 Å². The van der Waals surface area contributed by atoms with Gasteiger partial charge in [-0.1, -0.05) is 18.2 Å². The maximum absolute atomic E-state index is 6.08. The number of rotatable bonds is 0. The monoisotopic (exact) mass is 170 g/mol. The molecular formula is C11H10N2. The third-order valence-electron chi connectivity index (χ3n) is 2.63. The van der Waals surface area contributed by atoms with Gasteiger partial charge in [-0.2, -0.15) is 0 Å². The number of fused-ring (bicyclic) bond motifs is 3. The van der Waals surface area contributed by atoms with Crippen LogP contribution < -0.4 is 5.73 Å². The van der Waals surface area contributed by atoms with E-state index >= 15 is 0 Å². The molecule has 0 saturated heterocycles. The van der Waals surface area contributed by atoms with Gasteiger partial charge in [-0.25, -0.2) is 0 Å². The van der Waals surface area contributed by atoms with Gasteiger partial charge in [-0.05, 0) is 23.8 Å². The standard InChI is InChI=1S/C11H10N2/c12-11-8-4-1-2-5-9(8)13-7-3-6-10(11)13/h1-7,11H,12H2. The zero-order chi connectivity index (χ0) is 8.84. The van der Waals surface area contributed by atoms with Crippen LogP contribution in [-0.4, -0.2) is 4.57 Å². The molecule has 1 aliphatic heterocycles. The van der Waals surface area contributed by atoms with Gasteiger partial charge >= 0.3 is 0 Å². The summed E-state index contributed by atoms with van der Waals surface area (Å²) < 4.78 is 2.15. The van der Waals surface area contributed by atoms with Crippen molar-refractivity contribution in [1.29, 1.82) is 0 Å². The normalized spacial score (nSPS) is 18.4. The summed E-state index contributed by atoms with van der Waals surface area (Å²) in [6.45, 7) is 0. The summed E-state index contributed by atoms with van der Waals surface area (Å²) in [7, 11) is 0. The number of nitrogens with zero attached hydrogens (tertiary/aromatic N) is 1. The summed E-state index contributed by atoms with van der Waals surface area (Å²) >= 11 is 0. The maximum atomic E-state index is 6.08. The molecular weight excluding hydrogens is 160 g/mol. The fourth-order valence-electron chi connectivity index (χ4n) is 2.00. The highest BCUT2D eigenvalue weighted by molar-refractivity contribution is 5.53. The summed E-state index contributed by atoms with van der Waals surface area (Å²) in [4.78, 5) is 0. The lowest BCUT2D eigenvalue weighted by molar-refractivity contribution is 0.865. The van der Waals surface area contributed by atoms with Crippen molar-refractivity contribution in [2.24, 2.45) is 5.73 Å². The lowest BCUT2D eigenvalue weighted by Gasteiger charge is -2.02. The van der Waals surface area contributed by atoms with Gasteiger partial charge < -0.3 is 10.3 Å². The Morgan fingerprint density at radius 1 is 1.08 bits per heavy atom. The van der Waals surface area contributed by atoms with E-state index in [1.165, 1.54) is 16.9 Å². The second-order valence-corrected chi connectivity index (χ2v) is 3.34. The second-order valence-electron chi connectivity index (χ2n) is 3.34. The van der Waals surface area contributed by atoms with Gasteiger partial charge in [0.1, 0.15) is 0 Å². The molecule has 64 valence electrons. The van der Waals surface area contributed by atoms with E-state index in [1.54, 1.807) is 0 Å². The third-order valence-corrected chi connectivity index (χ3v) is 2.63. The predicted molar refractivity (Wildman–Crippen MR) is 51.8 cm³/mol. The lowest BCUT2D eigenvalue weighted by Crippen LogP contribution is -2.07. The van der Waals surface area contributed by atoms with Crippen LogP contribution in [0.3, 0.4) is 0 Å². The van der Waals surface area contributed by atoms with E-state index in [0.29, 0.717) is 0 Å². The molecule has 1 unspecified atom stereocenters. The highest BCUT2D eigenvalue weighted by atomic mass is 15.0. The minimum atomic E-state index is 0.0474. The molecule has 1 aromatic carbocycles. The van der Waals surface area contributed by atoms with E-state index in [4.69, 9.17) is 5.73 Å². The van der Waals surface area contributed by atoms with Gasteiger partial charge in [-0.15, -0.1) is 0 Å². The van der Waals surface area contributed by atoms with Crippen molar-refractivity contribution in [1.82, 2.24) is 4.57 Å². The fraction of sp³-hybridized carbons (Fsp3) is 0.0909. The van der Waals surface area contributed by atoms with Crippen molar-refractivity contribution in [3.8, 4) is 5.69 Å². The number of para-hydroxylation sites is 1. The molecule has 2 N–H and O–H groups in total. The molecule has 13 heavy (non-hydrogen) atoms. The van der Waals surface area contributed by atoms with Crippen LogP contribution >= 0.6 is 0 Å². The van der Waals surface area contributed by atoms with Crippen LogP contribution in [0.1, 0.15) is 17.3 Å². The Balaban J connectivity index is 2.37. The molecule has 1 aliphatic rings. The first-order chi connectivity index (χ1) is 6.38. The van der Waals surface area contributed by atoms with Gasteiger partial charge in [-0.3, -0.25) is 0 Å². The van der Waals surface area contributed by atoms with Crippen LogP contribution in [0, 0.1) is 0 Å². The summed E-state index contributed by atoms with van der Waals surface area (Å²) in [6, 6.07) is 12.4. The Hall–Kier alpha value is -1.54. The van der Waals surface area contributed by atoms with Crippen LogP contribution in [0.25, 0.3) is 5.69 Å². The molecule has 2 heterocycles. The maximum Gasteiger partial charge on any atom is 0.0730 e. The largest absolute Gasteiger partial charge is 0.319 e. The van der Waals surface area contributed by atoms with Crippen molar-refractivity contribution in [3.05, 3.63) is 53.9 Å². The Morgan fingerprint density at radius 3 is 2.85 bits per heavy atom. The minimum Gasteiger partial charge on any atom is -0.319 e. The molecule has 1 atom stereocenters. The van der Waals surface area contributed by atoms with Crippen molar-refractivity contribution in [2.45, 2.75) is 6.04 Å². The van der Waals surface area contributed by atoms with Gasteiger partial charge in [0.25, 0.3) is 0 Å². The Kier molecular flexibility index (Phi) is 1.19. The average molecular weight is 170 g/mol. The van der Waals surface area contributed by atoms with Crippen LogP contribution in [-0.2, 0) is 0 Å². The molecule has 0 radical (unpaired) electrons. The summed E-state index contributed by atoms with van der Waals surface area (Å²) in [6.07, 6.45) is 2.06. The van der Waals surface area contributed by atoms with E-state index < -0.39 is 0 Å². The highest BCUT2D eigenvalue weighted by Gasteiger charge is 2.23. The Morgan fingerprint density at radius 2 is 1.92 bits per heavy atom. The number of aromatic nitrogens is 1. The van der Waals surface area contributed by atoms with E-state index in [1.807, 2.05) is 18.2 Å². The first-order valence-electron chi connectivity index (χ1n) is 4.40. The summed E-state index contributed by atoms with van der Waals surface area (Å²) in [5.74, 6) is 0. The molecule has 1 aromatic heterocycles. The van der Waals surface area contributed by atoms with Crippen LogP contribution in [0.4, 0.5) is 0 Å². The quantitative estimate of drug-likeness (QED) is 0.642. The molecule has 0 saturated carbocycles. The molecule has 3 rings (SSSR count). The van der Waals surface area contributed by atoms with Gasteiger partial charge in [0.15, 0.2) is 0 Å². The first kappa shape index (κ1) is 6.92. The van der Waals surface area contributed by atoms with Crippen molar-refractivity contribution >= 4 is 0 Å². The molecule has 0 aliphatic carbocycles. The van der Waals surface area contributed by atoms with Crippen LogP contribution in [0.5, 0.6) is 0 Å². The molecule has 2 heteroatoms. The van der Waals surface area contributed by atoms with Crippen molar-refractivity contribution < 1.29 is 0 Å². The smallest absolute Gasteiger partial charge is 0.0730 e. The van der Waals surface area contributed by atoms with E-state index in [-0.39, 0.29) is 6.04 Å². The highest BCUT2D eigenvalue weighted by Crippen LogP contribution is 2.33. The van der Waals surface area contributed by atoms with Crippen LogP contribution in [0.2, 0.25) is 0 Å². The average Bonchev–Trinajstić information content (AvgIpc) is 2.72. The lowest BCUT2D eigenvalue weighted by atomic mass is 10.1. The third kappa shape index (κ3) is 0.756. The number of hydrogen-bond acceptors (Lipinski definition) is 1. The van der Waals surface area contributed by atoms with Crippen molar-refractivity contribution in [2.75, 3.05) is 0 Å². The van der Waals surface area contributed by atoms with E-state index in [0.717, 1.165) is 0 Å². The van der Waals surface area contributed by atoms with E-state index in [2.05, 4.69) is 29.0 Å². The van der Waals surface area contributed by atoms with Gasteiger partial charge in [0.2, 0.25) is 0 Å². The second kappa shape index (κ2) is 2.24. The molecule has 2 aromatic rings. The fourth-order valence-corrected chi connectivity index (χ4v) is 2.00. The van der Waals surface area contributed by atoms with Gasteiger partial charge in [0, 0.05) is 11.9 Å². The zero-order valence-electron chi connectivity index (χ0n) is 7.14. The minimum absolute atomic E-state index is 0.0474. The molecule has 0 spiro atoms. The molecule has 2 nitrogen and oxygen atoms in total. The Bertz CT molecular complexity index is 457. The topological polar surface area (TPSA) is 30.9 Å². The number of nitrogens with two attached hydrogens (primary N) is 1. The molecule has 0 amide bonds. The summed E-state index contributed by atoms with van der Waals surface area (Å²) in [5.41, 5.74) is 9.70. The molecule has 0 fully saturated rings. The predicted octanol–water partition coefficient (Wildman–Crippen LogP) is 1.84. The zero-order valence-corrected chi connectivity index (χ0v) is 7.14. The SMILES string of the molecule is NC1c2ccccc2-n2cccc21. The number of benzene rings is 1.